The fourth-order valence-electron chi connectivity index (χ4n) is 2.94. The number of hydrogen-bond acceptors (Lipinski definition) is 2. The minimum Gasteiger partial charge on any atom is -0.356 e. The van der Waals surface area contributed by atoms with Gasteiger partial charge in [0.2, 0.25) is 5.91 Å². The highest BCUT2D eigenvalue weighted by atomic mass is 35.5. The predicted molar refractivity (Wildman–Crippen MR) is 104 cm³/mol. The van der Waals surface area contributed by atoms with Crippen LogP contribution in [-0.4, -0.2) is 22.0 Å². The normalized spacial score (nSPS) is 11.9. The largest absolute Gasteiger partial charge is 0.356 e. The van der Waals surface area contributed by atoms with Gasteiger partial charge in [0.05, 0.1) is 0 Å². The number of aromatic nitrogens is 2. The van der Waals surface area contributed by atoms with Crippen LogP contribution in [0.25, 0.3) is 0 Å². The Balaban J connectivity index is 1.59. The molecule has 1 unspecified atom stereocenters. The Labute approximate surface area is 158 Å². The zero-order valence-electron chi connectivity index (χ0n) is 14.5. The van der Waals surface area contributed by atoms with Gasteiger partial charge in [-0.15, -0.1) is 0 Å². The monoisotopic (exact) mass is 367 g/mol. The molecule has 2 aromatic heterocycles. The Kier molecular flexibility index (Phi) is 6.45. The summed E-state index contributed by atoms with van der Waals surface area (Å²) in [6.07, 6.45) is 6.96. The molecule has 4 nitrogen and oxygen atoms in total. The Morgan fingerprint density at radius 2 is 1.85 bits per heavy atom. The zero-order valence-corrected chi connectivity index (χ0v) is 15.3. The van der Waals surface area contributed by atoms with Crippen molar-refractivity contribution in [2.24, 2.45) is 0 Å². The van der Waals surface area contributed by atoms with Gasteiger partial charge in [0, 0.05) is 61.2 Å². The molecule has 3 rings (SSSR count). The molecule has 0 fully saturated rings. The second-order valence-corrected chi connectivity index (χ2v) is 6.69. The SMILES string of the molecule is O=C(CC(Cn1cccc1)c1ccc(Cl)cc1)NCCc1ccccn1. The first-order valence-corrected chi connectivity index (χ1v) is 9.11. The number of nitrogens with one attached hydrogen (secondary N) is 1. The van der Waals surface area contributed by atoms with Crippen molar-refractivity contribution in [3.63, 3.8) is 0 Å². The molecule has 0 aliphatic carbocycles. The molecule has 0 bridgehead atoms. The second-order valence-electron chi connectivity index (χ2n) is 6.25. The van der Waals surface area contributed by atoms with E-state index >= 15 is 0 Å². The molecule has 0 saturated heterocycles. The molecule has 0 aliphatic heterocycles. The van der Waals surface area contributed by atoms with Crippen LogP contribution < -0.4 is 5.32 Å². The molecule has 134 valence electrons. The van der Waals surface area contributed by atoms with Crippen LogP contribution in [0.5, 0.6) is 0 Å². The summed E-state index contributed by atoms with van der Waals surface area (Å²) in [5.74, 6) is 0.141. The topological polar surface area (TPSA) is 46.9 Å². The van der Waals surface area contributed by atoms with Crippen LogP contribution in [0, 0.1) is 0 Å². The number of rotatable bonds is 8. The van der Waals surface area contributed by atoms with E-state index in [9.17, 15) is 4.79 Å². The molecule has 2 heterocycles. The van der Waals surface area contributed by atoms with Crippen molar-refractivity contribution >= 4 is 17.5 Å². The first kappa shape index (κ1) is 18.2. The molecule has 3 aromatic rings. The van der Waals surface area contributed by atoms with Crippen LogP contribution in [-0.2, 0) is 17.8 Å². The average Bonchev–Trinajstić information content (AvgIpc) is 3.16. The highest BCUT2D eigenvalue weighted by Crippen LogP contribution is 2.23. The number of carbonyl (C=O) groups is 1. The number of amides is 1. The standard InChI is InChI=1S/C21H22ClN3O/c22-19-8-6-17(7-9-19)18(16-25-13-3-4-14-25)15-21(26)24-12-10-20-5-1-2-11-23-20/h1-9,11,13-14,18H,10,12,15-16H2,(H,24,26). The quantitative estimate of drug-likeness (QED) is 0.652. The molecular formula is C21H22ClN3O. The number of halogens is 1. The lowest BCUT2D eigenvalue weighted by Crippen LogP contribution is -2.28. The summed E-state index contributed by atoms with van der Waals surface area (Å²) < 4.78 is 2.10. The van der Waals surface area contributed by atoms with Crippen LogP contribution in [0.4, 0.5) is 0 Å². The highest BCUT2D eigenvalue weighted by molar-refractivity contribution is 6.30. The van der Waals surface area contributed by atoms with Crippen molar-refractivity contribution in [3.8, 4) is 0 Å². The number of carbonyl (C=O) groups excluding carboxylic acids is 1. The molecule has 1 amide bonds. The third-order valence-electron chi connectivity index (χ3n) is 4.30. The van der Waals surface area contributed by atoms with Gasteiger partial charge < -0.3 is 9.88 Å². The summed E-state index contributed by atoms with van der Waals surface area (Å²) in [6, 6.07) is 17.5. The third kappa shape index (κ3) is 5.46. The van der Waals surface area contributed by atoms with Crippen LogP contribution in [0.15, 0.2) is 73.2 Å². The van der Waals surface area contributed by atoms with Gasteiger partial charge in [-0.05, 0) is 42.0 Å². The fourth-order valence-corrected chi connectivity index (χ4v) is 3.07. The Morgan fingerprint density at radius 1 is 1.08 bits per heavy atom. The average molecular weight is 368 g/mol. The minimum atomic E-state index is 0.0491. The number of hydrogen-bond donors (Lipinski definition) is 1. The lowest BCUT2D eigenvalue weighted by Gasteiger charge is -2.18. The van der Waals surface area contributed by atoms with Gasteiger partial charge in [-0.25, -0.2) is 0 Å². The lowest BCUT2D eigenvalue weighted by molar-refractivity contribution is -0.121. The van der Waals surface area contributed by atoms with E-state index in [1.807, 2.05) is 67.0 Å². The van der Waals surface area contributed by atoms with Gasteiger partial charge in [0.1, 0.15) is 0 Å². The van der Waals surface area contributed by atoms with Gasteiger partial charge in [-0.2, -0.15) is 0 Å². The summed E-state index contributed by atoms with van der Waals surface area (Å²) in [7, 11) is 0. The van der Waals surface area contributed by atoms with Crippen molar-refractivity contribution in [2.75, 3.05) is 6.54 Å². The fraction of sp³-hybridized carbons (Fsp3) is 0.238. The molecule has 26 heavy (non-hydrogen) atoms. The maximum absolute atomic E-state index is 12.4. The highest BCUT2D eigenvalue weighted by Gasteiger charge is 2.16. The molecular weight excluding hydrogens is 346 g/mol. The van der Waals surface area contributed by atoms with E-state index in [1.54, 1.807) is 6.20 Å². The number of nitrogens with zero attached hydrogens (tertiary/aromatic N) is 2. The van der Waals surface area contributed by atoms with Gasteiger partial charge >= 0.3 is 0 Å². The van der Waals surface area contributed by atoms with Crippen molar-refractivity contribution in [1.29, 1.82) is 0 Å². The summed E-state index contributed by atoms with van der Waals surface area (Å²) in [5, 5.41) is 3.71. The molecule has 0 radical (unpaired) electrons. The van der Waals surface area contributed by atoms with Crippen molar-refractivity contribution in [1.82, 2.24) is 14.9 Å². The van der Waals surface area contributed by atoms with E-state index < -0.39 is 0 Å². The van der Waals surface area contributed by atoms with E-state index in [1.165, 1.54) is 0 Å². The van der Waals surface area contributed by atoms with E-state index in [0.717, 1.165) is 24.2 Å². The van der Waals surface area contributed by atoms with Crippen LogP contribution >= 0.6 is 11.6 Å². The van der Waals surface area contributed by atoms with Gasteiger partial charge in [0.25, 0.3) is 0 Å². The maximum atomic E-state index is 12.4. The summed E-state index contributed by atoms with van der Waals surface area (Å²) >= 11 is 6.00. The van der Waals surface area contributed by atoms with Crippen LogP contribution in [0.3, 0.4) is 0 Å². The Morgan fingerprint density at radius 3 is 2.54 bits per heavy atom. The Bertz CT molecular complexity index is 801. The predicted octanol–water partition coefficient (Wildman–Crippen LogP) is 4.07. The molecule has 0 saturated carbocycles. The minimum absolute atomic E-state index is 0.0491. The first-order chi connectivity index (χ1) is 12.7. The van der Waals surface area contributed by atoms with Gasteiger partial charge in [0.15, 0.2) is 0 Å². The summed E-state index contributed by atoms with van der Waals surface area (Å²) in [4.78, 5) is 16.7. The lowest BCUT2D eigenvalue weighted by atomic mass is 9.95. The molecule has 0 aliphatic rings. The molecule has 0 spiro atoms. The summed E-state index contributed by atoms with van der Waals surface area (Å²) in [5.41, 5.74) is 2.09. The molecule has 5 heteroatoms. The van der Waals surface area contributed by atoms with E-state index in [4.69, 9.17) is 11.6 Å². The van der Waals surface area contributed by atoms with E-state index in [-0.39, 0.29) is 11.8 Å². The van der Waals surface area contributed by atoms with Crippen LogP contribution in [0.1, 0.15) is 23.6 Å². The number of pyridine rings is 1. The zero-order chi connectivity index (χ0) is 18.2. The smallest absolute Gasteiger partial charge is 0.220 e. The maximum Gasteiger partial charge on any atom is 0.220 e. The van der Waals surface area contributed by atoms with E-state index in [2.05, 4.69) is 14.9 Å². The van der Waals surface area contributed by atoms with Crippen molar-refractivity contribution in [3.05, 3.63) is 89.5 Å². The van der Waals surface area contributed by atoms with Crippen LogP contribution in [0.2, 0.25) is 5.02 Å². The second kappa shape index (κ2) is 9.20. The number of benzene rings is 1. The first-order valence-electron chi connectivity index (χ1n) is 8.73. The van der Waals surface area contributed by atoms with Crippen molar-refractivity contribution in [2.45, 2.75) is 25.3 Å². The Hall–Kier alpha value is -2.59. The molecule has 1 N–H and O–H groups in total. The molecule has 1 aromatic carbocycles. The van der Waals surface area contributed by atoms with E-state index in [0.29, 0.717) is 18.0 Å². The van der Waals surface area contributed by atoms with Gasteiger partial charge in [-0.3, -0.25) is 9.78 Å². The van der Waals surface area contributed by atoms with Crippen molar-refractivity contribution < 1.29 is 4.79 Å². The molecule has 1 atom stereocenters. The van der Waals surface area contributed by atoms with Gasteiger partial charge in [-0.1, -0.05) is 29.8 Å². The third-order valence-corrected chi connectivity index (χ3v) is 4.55. The summed E-state index contributed by atoms with van der Waals surface area (Å²) in [6.45, 7) is 1.34.